The lowest BCUT2D eigenvalue weighted by Crippen LogP contribution is -2.52. The number of hydrogen-bond donors (Lipinski definition) is 1. The second kappa shape index (κ2) is 7.93. The van der Waals surface area contributed by atoms with Crippen molar-refractivity contribution in [2.75, 3.05) is 10.2 Å². The molecule has 0 saturated heterocycles. The number of carbonyl (C=O) groups is 1. The molecular weight excluding hydrogens is 342 g/mol. The Labute approximate surface area is 141 Å². The molecule has 0 spiro atoms. The second-order valence-corrected chi connectivity index (χ2v) is 6.47. The predicted molar refractivity (Wildman–Crippen MR) is 94.1 cm³/mol. The van der Waals surface area contributed by atoms with Gasteiger partial charge in [0, 0.05) is 23.0 Å². The number of benzene rings is 1. The zero-order chi connectivity index (χ0) is 16.0. The lowest BCUT2D eigenvalue weighted by Gasteiger charge is -2.39. The Morgan fingerprint density at radius 2 is 1.95 bits per heavy atom. The van der Waals surface area contributed by atoms with Crippen LogP contribution in [0.3, 0.4) is 0 Å². The average molecular weight is 366 g/mol. The SMILES string of the molecule is CCCCCCC(CBr)C1(O)C=CC(=O)N1c1ccccc1. The maximum absolute atomic E-state index is 12.3. The number of halogens is 1. The number of alkyl halides is 1. The highest BCUT2D eigenvalue weighted by Gasteiger charge is 2.45. The molecule has 2 rings (SSSR count). The quantitative estimate of drug-likeness (QED) is 0.552. The zero-order valence-electron chi connectivity index (χ0n) is 13.0. The summed E-state index contributed by atoms with van der Waals surface area (Å²) in [6.45, 7) is 2.19. The van der Waals surface area contributed by atoms with Gasteiger partial charge in [0.15, 0.2) is 5.72 Å². The lowest BCUT2D eigenvalue weighted by molar-refractivity contribution is -0.117. The summed E-state index contributed by atoms with van der Waals surface area (Å²) in [5.41, 5.74) is -0.506. The molecule has 2 atom stereocenters. The number of carbonyl (C=O) groups excluding carboxylic acids is 1. The Hall–Kier alpha value is -1.13. The predicted octanol–water partition coefficient (Wildman–Crippen LogP) is 4.26. The molecule has 1 heterocycles. The molecule has 0 saturated carbocycles. The number of hydrogen-bond acceptors (Lipinski definition) is 2. The fraction of sp³-hybridized carbons (Fsp3) is 0.500. The van der Waals surface area contributed by atoms with Crippen LogP contribution in [0.2, 0.25) is 0 Å². The minimum atomic E-state index is -1.24. The van der Waals surface area contributed by atoms with Gasteiger partial charge in [0.25, 0.3) is 5.91 Å². The first-order valence-electron chi connectivity index (χ1n) is 8.00. The van der Waals surface area contributed by atoms with E-state index in [0.717, 1.165) is 18.5 Å². The molecule has 0 bridgehead atoms. The summed E-state index contributed by atoms with van der Waals surface area (Å²) in [6.07, 6.45) is 8.66. The molecular formula is C18H24BrNO2. The van der Waals surface area contributed by atoms with Crippen LogP contribution >= 0.6 is 15.9 Å². The van der Waals surface area contributed by atoms with Crippen molar-refractivity contribution in [3.63, 3.8) is 0 Å². The van der Waals surface area contributed by atoms with Gasteiger partial charge < -0.3 is 5.11 Å². The molecule has 0 radical (unpaired) electrons. The highest BCUT2D eigenvalue weighted by atomic mass is 79.9. The molecule has 0 aliphatic carbocycles. The van der Waals surface area contributed by atoms with Crippen LogP contribution in [0, 0.1) is 5.92 Å². The third-order valence-corrected chi connectivity index (χ3v) is 5.04. The summed E-state index contributed by atoms with van der Waals surface area (Å²) in [7, 11) is 0. The Morgan fingerprint density at radius 3 is 2.59 bits per heavy atom. The number of unbranched alkanes of at least 4 members (excludes halogenated alkanes) is 3. The fourth-order valence-corrected chi connectivity index (χ4v) is 3.77. The van der Waals surface area contributed by atoms with E-state index < -0.39 is 5.72 Å². The van der Waals surface area contributed by atoms with Crippen LogP contribution in [0.4, 0.5) is 5.69 Å². The average Bonchev–Trinajstić information content (AvgIpc) is 2.84. The zero-order valence-corrected chi connectivity index (χ0v) is 14.6. The molecule has 1 aromatic carbocycles. The second-order valence-electron chi connectivity index (χ2n) is 5.83. The standard InChI is InChI=1S/C18H24BrNO2/c1-2-3-4-6-9-15(14-19)18(22)13-12-17(21)20(18)16-10-7-5-8-11-16/h5,7-8,10-13,15,22H,2-4,6,9,14H2,1H3. The number of amides is 1. The van der Waals surface area contributed by atoms with Gasteiger partial charge in [0.05, 0.1) is 0 Å². The van der Waals surface area contributed by atoms with Crippen molar-refractivity contribution in [1.29, 1.82) is 0 Å². The van der Waals surface area contributed by atoms with Gasteiger partial charge in [-0.1, -0.05) is 66.7 Å². The van der Waals surface area contributed by atoms with Gasteiger partial charge in [-0.2, -0.15) is 0 Å². The maximum atomic E-state index is 12.3. The van der Waals surface area contributed by atoms with E-state index in [4.69, 9.17) is 0 Å². The summed E-state index contributed by atoms with van der Waals surface area (Å²) in [6, 6.07) is 9.39. The molecule has 1 aliphatic heterocycles. The summed E-state index contributed by atoms with van der Waals surface area (Å²) in [4.78, 5) is 13.8. The molecule has 1 aromatic rings. The third kappa shape index (κ3) is 3.61. The van der Waals surface area contributed by atoms with Crippen LogP contribution < -0.4 is 4.90 Å². The van der Waals surface area contributed by atoms with Gasteiger partial charge in [-0.25, -0.2) is 0 Å². The molecule has 1 amide bonds. The van der Waals surface area contributed by atoms with E-state index in [-0.39, 0.29) is 11.8 Å². The number of aliphatic hydroxyl groups is 1. The summed E-state index contributed by atoms with van der Waals surface area (Å²) >= 11 is 3.52. The molecule has 0 aromatic heterocycles. The van der Waals surface area contributed by atoms with Gasteiger partial charge >= 0.3 is 0 Å². The number of nitrogens with zero attached hydrogens (tertiary/aromatic N) is 1. The summed E-state index contributed by atoms with van der Waals surface area (Å²) < 4.78 is 0. The Morgan fingerprint density at radius 1 is 1.23 bits per heavy atom. The van der Waals surface area contributed by atoms with Gasteiger partial charge in [-0.15, -0.1) is 0 Å². The number of anilines is 1. The van der Waals surface area contributed by atoms with Crippen molar-refractivity contribution in [3.8, 4) is 0 Å². The molecule has 4 heteroatoms. The van der Waals surface area contributed by atoms with Crippen LogP contribution in [-0.2, 0) is 4.79 Å². The van der Waals surface area contributed by atoms with Gasteiger partial charge in [-0.3, -0.25) is 9.69 Å². The van der Waals surface area contributed by atoms with Crippen LogP contribution in [0.1, 0.15) is 39.0 Å². The van der Waals surface area contributed by atoms with Crippen LogP contribution in [0.15, 0.2) is 42.5 Å². The Balaban J connectivity index is 2.17. The Kier molecular flexibility index (Phi) is 6.21. The topological polar surface area (TPSA) is 40.5 Å². The van der Waals surface area contributed by atoms with Crippen molar-refractivity contribution in [2.45, 2.75) is 44.8 Å². The first kappa shape index (κ1) is 17.2. The molecule has 0 fully saturated rings. The van der Waals surface area contributed by atoms with Gasteiger partial charge in [-0.05, 0) is 24.6 Å². The molecule has 120 valence electrons. The first-order chi connectivity index (χ1) is 10.6. The largest absolute Gasteiger partial charge is 0.367 e. The first-order valence-corrected chi connectivity index (χ1v) is 9.12. The number of para-hydroxylation sites is 1. The monoisotopic (exact) mass is 365 g/mol. The van der Waals surface area contributed by atoms with Crippen LogP contribution in [-0.4, -0.2) is 22.1 Å². The highest BCUT2D eigenvalue weighted by Crippen LogP contribution is 2.37. The minimum absolute atomic E-state index is 0.0211. The fourth-order valence-electron chi connectivity index (χ4n) is 2.97. The van der Waals surface area contributed by atoms with E-state index in [9.17, 15) is 9.90 Å². The number of rotatable bonds is 8. The van der Waals surface area contributed by atoms with Gasteiger partial charge in [0.2, 0.25) is 0 Å². The van der Waals surface area contributed by atoms with Crippen LogP contribution in [0.5, 0.6) is 0 Å². The Bertz CT molecular complexity index is 517. The van der Waals surface area contributed by atoms with E-state index in [2.05, 4.69) is 22.9 Å². The molecule has 2 unspecified atom stereocenters. The molecule has 22 heavy (non-hydrogen) atoms. The van der Waals surface area contributed by atoms with E-state index in [1.807, 2.05) is 30.3 Å². The lowest BCUT2D eigenvalue weighted by atomic mass is 9.91. The van der Waals surface area contributed by atoms with Crippen molar-refractivity contribution in [2.24, 2.45) is 5.92 Å². The summed E-state index contributed by atoms with van der Waals surface area (Å²) in [5, 5.41) is 11.8. The van der Waals surface area contributed by atoms with E-state index >= 15 is 0 Å². The van der Waals surface area contributed by atoms with Crippen molar-refractivity contribution < 1.29 is 9.90 Å². The van der Waals surface area contributed by atoms with Crippen molar-refractivity contribution >= 4 is 27.5 Å². The van der Waals surface area contributed by atoms with E-state index in [0.29, 0.717) is 5.33 Å². The maximum Gasteiger partial charge on any atom is 0.253 e. The van der Waals surface area contributed by atoms with E-state index in [1.54, 1.807) is 6.08 Å². The smallest absolute Gasteiger partial charge is 0.253 e. The molecule has 3 nitrogen and oxygen atoms in total. The van der Waals surface area contributed by atoms with E-state index in [1.165, 1.54) is 30.2 Å². The third-order valence-electron chi connectivity index (χ3n) is 4.26. The van der Waals surface area contributed by atoms with Crippen molar-refractivity contribution in [1.82, 2.24) is 0 Å². The molecule has 1 N–H and O–H groups in total. The normalized spacial score (nSPS) is 22.3. The minimum Gasteiger partial charge on any atom is -0.367 e. The van der Waals surface area contributed by atoms with Crippen LogP contribution in [0.25, 0.3) is 0 Å². The van der Waals surface area contributed by atoms with Crippen molar-refractivity contribution in [3.05, 3.63) is 42.5 Å². The highest BCUT2D eigenvalue weighted by molar-refractivity contribution is 9.09. The molecule has 1 aliphatic rings. The van der Waals surface area contributed by atoms with Gasteiger partial charge in [0.1, 0.15) is 0 Å². The summed E-state index contributed by atoms with van der Waals surface area (Å²) in [5.74, 6) is -0.180.